The monoisotopic (exact) mass is 333 g/mol. The fourth-order valence-corrected chi connectivity index (χ4v) is 2.65. The Morgan fingerprint density at radius 1 is 1.33 bits per heavy atom. The minimum absolute atomic E-state index is 0.00130. The minimum atomic E-state index is -0.791. The Balaban J connectivity index is 2.94. The second-order valence-corrected chi connectivity index (χ2v) is 5.76. The Kier molecular flexibility index (Phi) is 4.09. The first-order valence-corrected chi connectivity index (χ1v) is 6.15. The molecule has 0 aromatic heterocycles. The van der Waals surface area contributed by atoms with Gasteiger partial charge in [-0.2, -0.15) is 0 Å². The predicted molar refractivity (Wildman–Crippen MR) is 68.8 cm³/mol. The van der Waals surface area contributed by atoms with E-state index in [1.54, 1.807) is 6.92 Å². The van der Waals surface area contributed by atoms with Gasteiger partial charge in [-0.25, -0.2) is 0 Å². The van der Waals surface area contributed by atoms with Crippen molar-refractivity contribution in [3.63, 3.8) is 0 Å². The fourth-order valence-electron chi connectivity index (χ4n) is 1.26. The maximum absolute atomic E-state index is 11.3. The number of carbonyl (C=O) groups is 1. The van der Waals surface area contributed by atoms with Gasteiger partial charge in [-0.1, -0.05) is 31.9 Å². The molecular weight excluding hydrogens is 322 g/mol. The Labute approximate surface area is 106 Å². The number of hydrogen-bond donors (Lipinski definition) is 1. The van der Waals surface area contributed by atoms with Gasteiger partial charge in [-0.15, -0.1) is 0 Å². The van der Waals surface area contributed by atoms with Crippen LogP contribution in [0.2, 0.25) is 0 Å². The molecular formula is C11H13Br2NO. The van der Waals surface area contributed by atoms with Crippen molar-refractivity contribution in [3.8, 4) is 0 Å². The van der Waals surface area contributed by atoms with Gasteiger partial charge in [0.15, 0.2) is 0 Å². The number of nitrogens with two attached hydrogens (primary N) is 1. The predicted octanol–water partition coefficient (Wildman–Crippen LogP) is 3.06. The molecule has 0 spiro atoms. The van der Waals surface area contributed by atoms with Gasteiger partial charge < -0.3 is 5.73 Å². The highest BCUT2D eigenvalue weighted by molar-refractivity contribution is 9.11. The number of halogens is 2. The molecule has 0 unspecified atom stereocenters. The van der Waals surface area contributed by atoms with Gasteiger partial charge in [0.25, 0.3) is 0 Å². The molecule has 0 aliphatic carbocycles. The summed E-state index contributed by atoms with van der Waals surface area (Å²) in [5, 5.41) is 0. The SMILES string of the molecule is CC(=O)[C@](C)(N)Cc1cc(Br)cc(Br)c1. The van der Waals surface area contributed by atoms with Gasteiger partial charge in [0.05, 0.1) is 5.54 Å². The zero-order valence-electron chi connectivity index (χ0n) is 8.68. The highest BCUT2D eigenvalue weighted by atomic mass is 79.9. The molecule has 15 heavy (non-hydrogen) atoms. The van der Waals surface area contributed by atoms with Crippen molar-refractivity contribution in [2.45, 2.75) is 25.8 Å². The quantitative estimate of drug-likeness (QED) is 0.923. The van der Waals surface area contributed by atoms with E-state index < -0.39 is 5.54 Å². The molecule has 0 saturated carbocycles. The summed E-state index contributed by atoms with van der Waals surface area (Å²) in [4.78, 5) is 11.3. The molecule has 0 bridgehead atoms. The summed E-state index contributed by atoms with van der Waals surface area (Å²) in [6, 6.07) is 5.89. The lowest BCUT2D eigenvalue weighted by atomic mass is 9.90. The average Bonchev–Trinajstić information content (AvgIpc) is 1.99. The third kappa shape index (κ3) is 3.70. The van der Waals surface area contributed by atoms with Crippen LogP contribution in [0.15, 0.2) is 27.1 Å². The van der Waals surface area contributed by atoms with Crippen LogP contribution in [-0.2, 0) is 11.2 Å². The van der Waals surface area contributed by atoms with Crippen molar-refractivity contribution in [3.05, 3.63) is 32.7 Å². The van der Waals surface area contributed by atoms with Crippen LogP contribution in [0.4, 0.5) is 0 Å². The van der Waals surface area contributed by atoms with E-state index in [0.717, 1.165) is 14.5 Å². The van der Waals surface area contributed by atoms with Crippen LogP contribution in [-0.4, -0.2) is 11.3 Å². The summed E-state index contributed by atoms with van der Waals surface area (Å²) >= 11 is 6.80. The van der Waals surface area contributed by atoms with Crippen LogP contribution in [0.3, 0.4) is 0 Å². The minimum Gasteiger partial charge on any atom is -0.319 e. The first kappa shape index (κ1) is 12.9. The number of rotatable bonds is 3. The lowest BCUT2D eigenvalue weighted by Gasteiger charge is -2.21. The number of ketones is 1. The lowest BCUT2D eigenvalue weighted by molar-refractivity contribution is -0.121. The molecule has 1 aromatic carbocycles. The number of Topliss-reactive ketones (excluding diaryl/α,β-unsaturated/α-hetero) is 1. The second kappa shape index (κ2) is 4.76. The van der Waals surface area contributed by atoms with Crippen LogP contribution >= 0.6 is 31.9 Å². The second-order valence-electron chi connectivity index (χ2n) is 3.93. The van der Waals surface area contributed by atoms with Crippen LogP contribution < -0.4 is 5.73 Å². The molecule has 0 heterocycles. The number of benzene rings is 1. The van der Waals surface area contributed by atoms with E-state index in [-0.39, 0.29) is 5.78 Å². The maximum atomic E-state index is 11.3. The molecule has 0 radical (unpaired) electrons. The molecule has 0 aliphatic rings. The normalized spacial score (nSPS) is 14.7. The summed E-state index contributed by atoms with van der Waals surface area (Å²) < 4.78 is 1.96. The molecule has 0 fully saturated rings. The van der Waals surface area contributed by atoms with Crippen molar-refractivity contribution < 1.29 is 4.79 Å². The molecule has 2 nitrogen and oxygen atoms in total. The summed E-state index contributed by atoms with van der Waals surface area (Å²) in [5.74, 6) is -0.00130. The van der Waals surface area contributed by atoms with Gasteiger partial charge in [0.1, 0.15) is 5.78 Å². The Morgan fingerprint density at radius 3 is 2.20 bits per heavy atom. The third-order valence-electron chi connectivity index (χ3n) is 2.30. The highest BCUT2D eigenvalue weighted by Crippen LogP contribution is 2.22. The first-order chi connectivity index (χ1) is 6.81. The Hall–Kier alpha value is -0.190. The number of carbonyl (C=O) groups excluding carboxylic acids is 1. The Morgan fingerprint density at radius 2 is 1.80 bits per heavy atom. The van der Waals surface area contributed by atoms with E-state index in [0.29, 0.717) is 6.42 Å². The van der Waals surface area contributed by atoms with Crippen molar-refractivity contribution in [2.24, 2.45) is 5.73 Å². The molecule has 0 aliphatic heterocycles. The van der Waals surface area contributed by atoms with Crippen molar-refractivity contribution >= 4 is 37.6 Å². The largest absolute Gasteiger partial charge is 0.319 e. The van der Waals surface area contributed by atoms with E-state index in [1.807, 2.05) is 18.2 Å². The first-order valence-electron chi connectivity index (χ1n) is 4.56. The smallest absolute Gasteiger partial charge is 0.149 e. The molecule has 1 atom stereocenters. The fraction of sp³-hybridized carbons (Fsp3) is 0.364. The summed E-state index contributed by atoms with van der Waals surface area (Å²) in [5.41, 5.74) is 6.16. The van der Waals surface area contributed by atoms with Gasteiger partial charge in [-0.3, -0.25) is 4.79 Å². The summed E-state index contributed by atoms with van der Waals surface area (Å²) in [6.45, 7) is 3.27. The van der Waals surface area contributed by atoms with E-state index in [9.17, 15) is 4.79 Å². The van der Waals surface area contributed by atoms with E-state index >= 15 is 0 Å². The van der Waals surface area contributed by atoms with Crippen molar-refractivity contribution in [2.75, 3.05) is 0 Å². The van der Waals surface area contributed by atoms with Crippen LogP contribution in [0, 0.1) is 0 Å². The number of hydrogen-bond acceptors (Lipinski definition) is 2. The summed E-state index contributed by atoms with van der Waals surface area (Å²) in [6.07, 6.45) is 0.542. The third-order valence-corrected chi connectivity index (χ3v) is 3.21. The van der Waals surface area contributed by atoms with Crippen LogP contribution in [0.1, 0.15) is 19.4 Å². The van der Waals surface area contributed by atoms with E-state index in [4.69, 9.17) is 5.73 Å². The average molecular weight is 335 g/mol. The molecule has 0 amide bonds. The molecule has 1 rings (SSSR count). The summed E-state index contributed by atoms with van der Waals surface area (Å²) in [7, 11) is 0. The molecule has 4 heteroatoms. The molecule has 1 aromatic rings. The zero-order chi connectivity index (χ0) is 11.6. The van der Waals surface area contributed by atoms with E-state index in [2.05, 4.69) is 31.9 Å². The van der Waals surface area contributed by atoms with Gasteiger partial charge in [-0.05, 0) is 44.0 Å². The van der Waals surface area contributed by atoms with Gasteiger partial charge >= 0.3 is 0 Å². The van der Waals surface area contributed by atoms with Crippen molar-refractivity contribution in [1.82, 2.24) is 0 Å². The van der Waals surface area contributed by atoms with Gasteiger partial charge in [0.2, 0.25) is 0 Å². The van der Waals surface area contributed by atoms with Crippen LogP contribution in [0.5, 0.6) is 0 Å². The Bertz CT molecular complexity index is 368. The topological polar surface area (TPSA) is 43.1 Å². The van der Waals surface area contributed by atoms with Crippen LogP contribution in [0.25, 0.3) is 0 Å². The molecule has 0 saturated heterocycles. The maximum Gasteiger partial charge on any atom is 0.149 e. The highest BCUT2D eigenvalue weighted by Gasteiger charge is 2.24. The lowest BCUT2D eigenvalue weighted by Crippen LogP contribution is -2.45. The van der Waals surface area contributed by atoms with Crippen molar-refractivity contribution in [1.29, 1.82) is 0 Å². The van der Waals surface area contributed by atoms with E-state index in [1.165, 1.54) is 6.92 Å². The zero-order valence-corrected chi connectivity index (χ0v) is 11.9. The van der Waals surface area contributed by atoms with Gasteiger partial charge in [0, 0.05) is 8.95 Å². The molecule has 2 N–H and O–H groups in total. The standard InChI is InChI=1S/C11H13Br2NO/c1-7(15)11(2,14)6-8-3-9(12)5-10(13)4-8/h3-5H,6,14H2,1-2H3/t11-/m1/s1. The molecule has 82 valence electrons.